The number of amides is 1. The molecule has 0 radical (unpaired) electrons. The Morgan fingerprint density at radius 1 is 0.457 bits per heavy atom. The number of hydrogen-bond donors (Lipinski definition) is 9. The van der Waals surface area contributed by atoms with E-state index in [1.807, 2.05) is 0 Å². The van der Waals surface area contributed by atoms with Gasteiger partial charge in [-0.3, -0.25) is 4.79 Å². The van der Waals surface area contributed by atoms with Gasteiger partial charge in [0.2, 0.25) is 5.91 Å². The van der Waals surface area contributed by atoms with Gasteiger partial charge in [-0.1, -0.05) is 232 Å². The normalized spacial score (nSPS) is 24.9. The summed E-state index contributed by atoms with van der Waals surface area (Å²) in [5.74, 6) is -0.220. The lowest BCUT2D eigenvalue weighted by Gasteiger charge is -2.46. The van der Waals surface area contributed by atoms with Gasteiger partial charge in [-0.2, -0.15) is 0 Å². The maximum absolute atomic E-state index is 13.3. The number of ether oxygens (including phenoxy) is 4. The van der Waals surface area contributed by atoms with Crippen LogP contribution in [0.1, 0.15) is 213 Å². The monoisotopic (exact) mass is 1140 g/mol. The van der Waals surface area contributed by atoms with Crippen molar-refractivity contribution in [2.75, 3.05) is 19.8 Å². The number of allylic oxidation sites excluding steroid dienone is 18. The van der Waals surface area contributed by atoms with Crippen molar-refractivity contribution in [3.8, 4) is 0 Å². The molecule has 2 saturated heterocycles. The van der Waals surface area contributed by atoms with Crippen molar-refractivity contribution in [3.05, 3.63) is 109 Å². The number of aliphatic hydroxyl groups is 8. The van der Waals surface area contributed by atoms with Gasteiger partial charge < -0.3 is 65.1 Å². The Hall–Kier alpha value is -3.35. The quantitative estimate of drug-likeness (QED) is 0.0204. The first kappa shape index (κ1) is 73.8. The smallest absolute Gasteiger partial charge is 0.220 e. The summed E-state index contributed by atoms with van der Waals surface area (Å²) in [4.78, 5) is 13.3. The lowest BCUT2D eigenvalue weighted by Crippen LogP contribution is -2.65. The maximum Gasteiger partial charge on any atom is 0.220 e. The van der Waals surface area contributed by atoms with E-state index in [0.29, 0.717) is 19.3 Å². The van der Waals surface area contributed by atoms with Gasteiger partial charge in [0.1, 0.15) is 48.8 Å². The third kappa shape index (κ3) is 36.2. The minimum Gasteiger partial charge on any atom is -0.394 e. The first-order valence-electron chi connectivity index (χ1n) is 31.6. The van der Waals surface area contributed by atoms with Crippen LogP contribution in [-0.2, 0) is 23.7 Å². The molecule has 2 rings (SSSR count). The van der Waals surface area contributed by atoms with Gasteiger partial charge in [0, 0.05) is 6.42 Å². The van der Waals surface area contributed by atoms with Crippen LogP contribution >= 0.6 is 0 Å². The molecule has 2 aliphatic heterocycles. The van der Waals surface area contributed by atoms with Gasteiger partial charge >= 0.3 is 0 Å². The van der Waals surface area contributed by atoms with E-state index in [0.717, 1.165) is 109 Å². The third-order valence-electron chi connectivity index (χ3n) is 14.8. The van der Waals surface area contributed by atoms with Crippen LogP contribution in [0.4, 0.5) is 0 Å². The molecular formula is C67H113NO13. The average molecular weight is 1140 g/mol. The summed E-state index contributed by atoms with van der Waals surface area (Å²) in [5.41, 5.74) is 0. The molecule has 14 nitrogen and oxygen atoms in total. The zero-order chi connectivity index (χ0) is 58.8. The molecule has 2 fully saturated rings. The molecule has 0 aliphatic carbocycles. The minimum absolute atomic E-state index is 0.220. The Morgan fingerprint density at radius 3 is 1.31 bits per heavy atom. The predicted molar refractivity (Wildman–Crippen MR) is 327 cm³/mol. The van der Waals surface area contributed by atoms with Gasteiger partial charge in [0.15, 0.2) is 12.6 Å². The molecule has 0 aromatic rings. The molecule has 12 unspecified atom stereocenters. The SMILES string of the molecule is CC/C=C\C/C=C\C/C=C\C/C=C\C/C=C\C/C=C\C/C=C\C/C=C\C/C=C\CCCCCCCCCCCC(=O)NC(COC1OC(CO)C(OC2OC(CO)C(O)C(O)C2O)C(O)C1O)C(O)CCCCCCCCCCCC. The number of carbonyl (C=O) groups is 1. The van der Waals surface area contributed by atoms with E-state index in [-0.39, 0.29) is 12.5 Å². The molecule has 0 saturated carbocycles. The van der Waals surface area contributed by atoms with Gasteiger partial charge in [-0.15, -0.1) is 0 Å². The summed E-state index contributed by atoms with van der Waals surface area (Å²) in [7, 11) is 0. The second-order valence-corrected chi connectivity index (χ2v) is 21.8. The van der Waals surface area contributed by atoms with Crippen molar-refractivity contribution < 1.29 is 64.6 Å². The fourth-order valence-corrected chi connectivity index (χ4v) is 9.70. The highest BCUT2D eigenvalue weighted by Crippen LogP contribution is 2.30. The number of aliphatic hydroxyl groups excluding tert-OH is 8. The number of rotatable bonds is 49. The number of hydrogen-bond acceptors (Lipinski definition) is 13. The summed E-state index contributed by atoms with van der Waals surface area (Å²) < 4.78 is 22.8. The summed E-state index contributed by atoms with van der Waals surface area (Å²) >= 11 is 0. The summed E-state index contributed by atoms with van der Waals surface area (Å²) in [6.45, 7) is 2.70. The number of unbranched alkanes of at least 4 members (excludes halogenated alkanes) is 18. The Morgan fingerprint density at radius 2 is 0.852 bits per heavy atom. The van der Waals surface area contributed by atoms with E-state index in [1.165, 1.54) is 70.6 Å². The molecule has 0 aromatic heterocycles. The zero-order valence-corrected chi connectivity index (χ0v) is 50.0. The largest absolute Gasteiger partial charge is 0.394 e. The summed E-state index contributed by atoms with van der Waals surface area (Å²) in [6, 6.07) is -0.837. The van der Waals surface area contributed by atoms with Crippen LogP contribution < -0.4 is 5.32 Å². The minimum atomic E-state index is -1.79. The Bertz CT molecular complexity index is 1770. The maximum atomic E-state index is 13.3. The second-order valence-electron chi connectivity index (χ2n) is 21.8. The highest BCUT2D eigenvalue weighted by molar-refractivity contribution is 5.76. The van der Waals surface area contributed by atoms with Crippen molar-refractivity contribution in [1.29, 1.82) is 0 Å². The van der Waals surface area contributed by atoms with Crippen LogP contribution in [0.15, 0.2) is 109 Å². The van der Waals surface area contributed by atoms with Crippen molar-refractivity contribution in [1.82, 2.24) is 5.32 Å². The molecule has 9 N–H and O–H groups in total. The average Bonchev–Trinajstić information content (AvgIpc) is 3.51. The van der Waals surface area contributed by atoms with Crippen molar-refractivity contribution in [2.45, 2.75) is 286 Å². The Kier molecular flexibility index (Phi) is 46.5. The van der Waals surface area contributed by atoms with Crippen LogP contribution in [0.3, 0.4) is 0 Å². The molecule has 0 aromatic carbocycles. The molecule has 0 bridgehead atoms. The van der Waals surface area contributed by atoms with E-state index in [9.17, 15) is 45.6 Å². The Balaban J connectivity index is 1.61. The second kappa shape index (κ2) is 51.1. The third-order valence-corrected chi connectivity index (χ3v) is 14.8. The highest BCUT2D eigenvalue weighted by atomic mass is 16.7. The standard InChI is InChI=1S/C67H113NO13/c1-3-5-7-9-11-13-15-16-17-18-19-20-21-22-23-24-25-26-27-28-29-30-31-32-33-34-35-36-37-38-39-40-41-43-45-47-49-51-59(72)68-55(56(71)50-48-46-44-42-14-12-10-8-6-4-2)54-78-66-64(77)62(75)65(58(53-70)80-66)81-67-63(76)61(74)60(73)57(52-69)79-67/h5,7,11,13,16-17,19-20,22-23,25-26,28-29,31-32,34-35,55-58,60-67,69-71,73-77H,3-4,6,8-10,12,14-15,18,21,24,27,30,33,36-54H2,1-2H3,(H,68,72)/b7-5-,13-11-,17-16-,20-19-,23-22-,26-25-,29-28-,32-31-,35-34-. The zero-order valence-electron chi connectivity index (χ0n) is 50.0. The molecule has 0 spiro atoms. The van der Waals surface area contributed by atoms with Crippen molar-refractivity contribution in [2.24, 2.45) is 0 Å². The molecule has 14 heteroatoms. The first-order chi connectivity index (χ1) is 39.6. The number of carbonyl (C=O) groups excluding carboxylic acids is 1. The summed E-state index contributed by atoms with van der Waals surface area (Å²) in [5, 5.41) is 87.1. The molecule has 81 heavy (non-hydrogen) atoms. The van der Waals surface area contributed by atoms with Gasteiger partial charge in [-0.25, -0.2) is 0 Å². The van der Waals surface area contributed by atoms with Crippen molar-refractivity contribution in [3.63, 3.8) is 0 Å². The van der Waals surface area contributed by atoms with Crippen LogP contribution in [0, 0.1) is 0 Å². The molecule has 12 atom stereocenters. The van der Waals surface area contributed by atoms with Crippen LogP contribution in [0.25, 0.3) is 0 Å². The molecule has 2 aliphatic rings. The lowest BCUT2D eigenvalue weighted by atomic mass is 9.97. The van der Waals surface area contributed by atoms with Crippen molar-refractivity contribution >= 4 is 5.91 Å². The van der Waals surface area contributed by atoms with E-state index in [2.05, 4.69) is 129 Å². The molecule has 1 amide bonds. The molecule has 2 heterocycles. The highest BCUT2D eigenvalue weighted by Gasteiger charge is 2.51. The summed E-state index contributed by atoms with van der Waals surface area (Å²) in [6.07, 6.45) is 55.4. The van der Waals surface area contributed by atoms with E-state index >= 15 is 0 Å². The number of nitrogens with one attached hydrogen (secondary N) is 1. The molecular weight excluding hydrogens is 1030 g/mol. The molecule has 464 valence electrons. The first-order valence-corrected chi connectivity index (χ1v) is 31.6. The van der Waals surface area contributed by atoms with Gasteiger partial charge in [0.05, 0.1) is 32.0 Å². The topological polar surface area (TPSA) is 228 Å². The Labute approximate surface area is 489 Å². The fourth-order valence-electron chi connectivity index (χ4n) is 9.70. The van der Waals surface area contributed by atoms with Crippen LogP contribution in [-0.4, -0.2) is 140 Å². The lowest BCUT2D eigenvalue weighted by molar-refractivity contribution is -0.359. The van der Waals surface area contributed by atoms with Crippen LogP contribution in [0.5, 0.6) is 0 Å². The van der Waals surface area contributed by atoms with E-state index < -0.39 is 86.8 Å². The van der Waals surface area contributed by atoms with E-state index in [4.69, 9.17) is 18.9 Å². The van der Waals surface area contributed by atoms with E-state index in [1.54, 1.807) is 0 Å². The fraction of sp³-hybridized carbons (Fsp3) is 0.716. The van der Waals surface area contributed by atoms with Crippen LogP contribution in [0.2, 0.25) is 0 Å². The predicted octanol–water partition coefficient (Wildman–Crippen LogP) is 11.6. The van der Waals surface area contributed by atoms with Gasteiger partial charge in [0.25, 0.3) is 0 Å². The van der Waals surface area contributed by atoms with Gasteiger partial charge in [-0.05, 0) is 83.5 Å².